The van der Waals surface area contributed by atoms with Crippen LogP contribution in [0.5, 0.6) is 0 Å². The van der Waals surface area contributed by atoms with Crippen LogP contribution in [0.3, 0.4) is 0 Å². The summed E-state index contributed by atoms with van der Waals surface area (Å²) in [6.45, 7) is 2.08. The molecule has 2 aromatic carbocycles. The molecule has 2 N–H and O–H groups in total. The summed E-state index contributed by atoms with van der Waals surface area (Å²) in [7, 11) is -3.29. The third-order valence-corrected chi connectivity index (χ3v) is 3.88. The van der Waals surface area contributed by atoms with Gasteiger partial charge in [0.2, 0.25) is 15.9 Å². The van der Waals surface area contributed by atoms with Crippen LogP contribution in [0.25, 0.3) is 6.08 Å². The largest absolute Gasteiger partial charge is 0.323 e. The van der Waals surface area contributed by atoms with Crippen LogP contribution < -0.4 is 10.0 Å². The van der Waals surface area contributed by atoms with E-state index in [1.165, 1.54) is 11.6 Å². The lowest BCUT2D eigenvalue weighted by Gasteiger charge is -2.04. The van der Waals surface area contributed by atoms with Gasteiger partial charge in [-0.05, 0) is 47.9 Å². The molecular weight excluding hydrogens is 324 g/mol. The maximum absolute atomic E-state index is 11.9. The van der Waals surface area contributed by atoms with Crippen LogP contribution in [-0.4, -0.2) is 20.6 Å². The number of aryl methyl sites for hydroxylation is 1. The van der Waals surface area contributed by atoms with Crippen LogP contribution in [-0.2, 0) is 21.2 Å². The van der Waals surface area contributed by atoms with Crippen molar-refractivity contribution in [1.82, 2.24) is 0 Å². The summed E-state index contributed by atoms with van der Waals surface area (Å²) in [4.78, 5) is 11.9. The molecule has 6 heteroatoms. The highest BCUT2D eigenvalue weighted by atomic mass is 32.2. The molecule has 0 bridgehead atoms. The lowest BCUT2D eigenvalue weighted by molar-refractivity contribution is -0.111. The molecule has 0 saturated heterocycles. The molecule has 126 valence electrons. The molecule has 5 nitrogen and oxygen atoms in total. The van der Waals surface area contributed by atoms with E-state index in [-0.39, 0.29) is 5.91 Å². The number of hydrogen-bond donors (Lipinski definition) is 2. The van der Waals surface area contributed by atoms with Crippen molar-refractivity contribution in [3.63, 3.8) is 0 Å². The Balaban J connectivity index is 1.95. The Morgan fingerprint density at radius 3 is 2.12 bits per heavy atom. The highest BCUT2D eigenvalue weighted by Gasteiger charge is 2.01. The highest BCUT2D eigenvalue weighted by Crippen LogP contribution is 2.13. The molecule has 1 amide bonds. The number of sulfonamides is 1. The molecule has 0 saturated carbocycles. The van der Waals surface area contributed by atoms with Crippen molar-refractivity contribution in [3.8, 4) is 0 Å². The molecule has 0 radical (unpaired) electrons. The van der Waals surface area contributed by atoms with Gasteiger partial charge in [-0.2, -0.15) is 0 Å². The minimum absolute atomic E-state index is 0.224. The SMILES string of the molecule is CCc1ccc(NC(=O)/C=C/c2ccc(NS(C)(=O)=O)cc2)cc1. The molecule has 0 spiro atoms. The van der Waals surface area contributed by atoms with Crippen LogP contribution in [0.4, 0.5) is 11.4 Å². The fourth-order valence-electron chi connectivity index (χ4n) is 2.06. The number of amides is 1. The molecule has 0 heterocycles. The zero-order valence-electron chi connectivity index (χ0n) is 13.6. The number of rotatable bonds is 6. The second-order valence-corrected chi connectivity index (χ2v) is 7.12. The van der Waals surface area contributed by atoms with Gasteiger partial charge in [0.25, 0.3) is 0 Å². The Labute approximate surface area is 142 Å². The van der Waals surface area contributed by atoms with Gasteiger partial charge in [-0.3, -0.25) is 9.52 Å². The first-order valence-electron chi connectivity index (χ1n) is 7.51. The van der Waals surface area contributed by atoms with Crippen LogP contribution in [0.15, 0.2) is 54.6 Å². The first-order valence-corrected chi connectivity index (χ1v) is 9.41. The third-order valence-electron chi connectivity index (χ3n) is 3.27. The minimum Gasteiger partial charge on any atom is -0.323 e. The van der Waals surface area contributed by atoms with Gasteiger partial charge in [0.15, 0.2) is 0 Å². The molecule has 0 fully saturated rings. The van der Waals surface area contributed by atoms with Crippen molar-refractivity contribution in [2.45, 2.75) is 13.3 Å². The van der Waals surface area contributed by atoms with E-state index in [9.17, 15) is 13.2 Å². The summed E-state index contributed by atoms with van der Waals surface area (Å²) in [6.07, 6.45) is 5.16. The second kappa shape index (κ2) is 7.79. The summed E-state index contributed by atoms with van der Waals surface area (Å²) in [6, 6.07) is 14.4. The maximum atomic E-state index is 11.9. The topological polar surface area (TPSA) is 75.3 Å². The number of nitrogens with one attached hydrogen (secondary N) is 2. The Morgan fingerprint density at radius 1 is 1.00 bits per heavy atom. The van der Waals surface area contributed by atoms with E-state index in [4.69, 9.17) is 0 Å². The van der Waals surface area contributed by atoms with Crippen LogP contribution >= 0.6 is 0 Å². The summed E-state index contributed by atoms with van der Waals surface area (Å²) in [5.41, 5.74) is 3.24. The Hall–Kier alpha value is -2.60. The second-order valence-electron chi connectivity index (χ2n) is 5.37. The summed E-state index contributed by atoms with van der Waals surface area (Å²) in [5.74, 6) is -0.224. The lowest BCUT2D eigenvalue weighted by Crippen LogP contribution is -2.09. The van der Waals surface area contributed by atoms with Crippen molar-refractivity contribution in [1.29, 1.82) is 0 Å². The molecule has 0 aliphatic rings. The Bertz CT molecular complexity index is 824. The van der Waals surface area contributed by atoms with E-state index in [0.29, 0.717) is 5.69 Å². The van der Waals surface area contributed by atoms with Crippen molar-refractivity contribution >= 4 is 33.4 Å². The predicted octanol–water partition coefficient (Wildman–Crippen LogP) is 3.27. The standard InChI is InChI=1S/C18H20N2O3S/c1-3-14-4-9-16(10-5-14)19-18(21)13-8-15-6-11-17(12-7-15)20-24(2,22)23/h4-13,20H,3H2,1-2H3,(H,19,21)/b13-8+. The lowest BCUT2D eigenvalue weighted by atomic mass is 10.1. The van der Waals surface area contributed by atoms with E-state index in [2.05, 4.69) is 17.0 Å². The first-order chi connectivity index (χ1) is 11.4. The van der Waals surface area contributed by atoms with Gasteiger partial charge in [-0.1, -0.05) is 31.2 Å². The summed E-state index contributed by atoms with van der Waals surface area (Å²) >= 11 is 0. The average molecular weight is 344 g/mol. The zero-order chi connectivity index (χ0) is 17.6. The molecule has 2 aromatic rings. The number of benzene rings is 2. The van der Waals surface area contributed by atoms with Crippen molar-refractivity contribution in [3.05, 3.63) is 65.7 Å². The maximum Gasteiger partial charge on any atom is 0.248 e. The molecular formula is C18H20N2O3S. The predicted molar refractivity (Wildman–Crippen MR) is 98.4 cm³/mol. The zero-order valence-corrected chi connectivity index (χ0v) is 14.4. The quantitative estimate of drug-likeness (QED) is 0.790. The van der Waals surface area contributed by atoms with Gasteiger partial charge in [0.05, 0.1) is 6.26 Å². The molecule has 0 atom stereocenters. The fourth-order valence-corrected chi connectivity index (χ4v) is 2.62. The smallest absolute Gasteiger partial charge is 0.248 e. The first kappa shape index (κ1) is 17.7. The number of carbonyl (C=O) groups is 1. The van der Waals surface area contributed by atoms with Crippen LogP contribution in [0.1, 0.15) is 18.1 Å². The van der Waals surface area contributed by atoms with Gasteiger partial charge in [-0.15, -0.1) is 0 Å². The van der Waals surface area contributed by atoms with Crippen LogP contribution in [0.2, 0.25) is 0 Å². The van der Waals surface area contributed by atoms with Crippen molar-refractivity contribution in [2.24, 2.45) is 0 Å². The highest BCUT2D eigenvalue weighted by molar-refractivity contribution is 7.92. The van der Waals surface area contributed by atoms with Gasteiger partial charge in [-0.25, -0.2) is 8.42 Å². The van der Waals surface area contributed by atoms with Gasteiger partial charge >= 0.3 is 0 Å². The molecule has 24 heavy (non-hydrogen) atoms. The van der Waals surface area contributed by atoms with Gasteiger partial charge in [0, 0.05) is 17.5 Å². The van der Waals surface area contributed by atoms with E-state index < -0.39 is 10.0 Å². The van der Waals surface area contributed by atoms with E-state index in [0.717, 1.165) is 23.9 Å². The molecule has 0 aliphatic carbocycles. The molecule has 0 unspecified atom stereocenters. The van der Waals surface area contributed by atoms with Gasteiger partial charge < -0.3 is 5.32 Å². The molecule has 2 rings (SSSR count). The molecule has 0 aromatic heterocycles. The monoisotopic (exact) mass is 344 g/mol. The summed E-state index contributed by atoms with van der Waals surface area (Å²) in [5, 5.41) is 2.79. The Morgan fingerprint density at radius 2 is 1.58 bits per heavy atom. The number of hydrogen-bond acceptors (Lipinski definition) is 3. The fraction of sp³-hybridized carbons (Fsp3) is 0.167. The average Bonchev–Trinajstić information content (AvgIpc) is 2.53. The van der Waals surface area contributed by atoms with Gasteiger partial charge in [0.1, 0.15) is 0 Å². The normalized spacial score (nSPS) is 11.4. The minimum atomic E-state index is -3.29. The van der Waals surface area contributed by atoms with E-state index >= 15 is 0 Å². The third kappa shape index (κ3) is 5.89. The number of anilines is 2. The van der Waals surface area contributed by atoms with E-state index in [1.807, 2.05) is 24.3 Å². The number of carbonyl (C=O) groups excluding carboxylic acids is 1. The van der Waals surface area contributed by atoms with Crippen molar-refractivity contribution in [2.75, 3.05) is 16.3 Å². The van der Waals surface area contributed by atoms with Crippen LogP contribution in [0, 0.1) is 0 Å². The van der Waals surface area contributed by atoms with E-state index in [1.54, 1.807) is 30.3 Å². The summed E-state index contributed by atoms with van der Waals surface area (Å²) < 4.78 is 24.7. The van der Waals surface area contributed by atoms with Crippen molar-refractivity contribution < 1.29 is 13.2 Å². The molecule has 0 aliphatic heterocycles. The Kier molecular flexibility index (Phi) is 5.76.